The van der Waals surface area contributed by atoms with E-state index < -0.39 is 5.82 Å². The lowest BCUT2D eigenvalue weighted by atomic mass is 10.2. The van der Waals surface area contributed by atoms with Crippen molar-refractivity contribution in [3.63, 3.8) is 0 Å². The maximum Gasteiger partial charge on any atom is 0.220 e. The third kappa shape index (κ3) is 2.66. The largest absolute Gasteiger partial charge is 0.436 e. The highest BCUT2D eigenvalue weighted by molar-refractivity contribution is 5.94. The van der Waals surface area contributed by atoms with Crippen molar-refractivity contribution in [3.05, 3.63) is 54.0 Å². The quantitative estimate of drug-likeness (QED) is 0.761. The van der Waals surface area contributed by atoms with Gasteiger partial charge in [-0.2, -0.15) is 0 Å². The molecule has 3 nitrogen and oxygen atoms in total. The second kappa shape index (κ2) is 4.74. The van der Waals surface area contributed by atoms with Gasteiger partial charge in [-0.25, -0.2) is 9.37 Å². The number of ketones is 1. The topological polar surface area (TPSA) is 39.2 Å². The van der Waals surface area contributed by atoms with Gasteiger partial charge in [0.2, 0.25) is 5.88 Å². The molecular formula is C13H10FNO2. The highest BCUT2D eigenvalue weighted by Gasteiger charge is 2.06. The summed E-state index contributed by atoms with van der Waals surface area (Å²) in [5.41, 5.74) is 0.478. The summed E-state index contributed by atoms with van der Waals surface area (Å²) in [6, 6.07) is 9.09. The standard InChI is InChI=1S/C13H10FNO2/c1-9(16)10-6-7-15-13(8-10)17-12-5-3-2-4-11(12)14/h2-8H,1H3. The minimum Gasteiger partial charge on any atom is -0.436 e. The van der Waals surface area contributed by atoms with Crippen molar-refractivity contribution in [2.24, 2.45) is 0 Å². The normalized spacial score (nSPS) is 10.0. The smallest absolute Gasteiger partial charge is 0.220 e. The zero-order valence-electron chi connectivity index (χ0n) is 9.18. The number of nitrogens with zero attached hydrogens (tertiary/aromatic N) is 1. The lowest BCUT2D eigenvalue weighted by Crippen LogP contribution is -1.95. The van der Waals surface area contributed by atoms with Crippen LogP contribution in [0.3, 0.4) is 0 Å². The van der Waals surface area contributed by atoms with Crippen LogP contribution in [0, 0.1) is 5.82 Å². The Morgan fingerprint density at radius 3 is 2.76 bits per heavy atom. The number of ether oxygens (including phenoxy) is 1. The maximum atomic E-state index is 13.3. The molecule has 0 atom stereocenters. The average molecular weight is 231 g/mol. The predicted molar refractivity (Wildman–Crippen MR) is 60.7 cm³/mol. The molecule has 0 saturated heterocycles. The number of Topliss-reactive ketones (excluding diaryl/α,β-unsaturated/α-hetero) is 1. The van der Waals surface area contributed by atoms with Crippen LogP contribution in [0.25, 0.3) is 0 Å². The van der Waals surface area contributed by atoms with Crippen LogP contribution in [-0.4, -0.2) is 10.8 Å². The molecule has 0 spiro atoms. The summed E-state index contributed by atoms with van der Waals surface area (Å²) in [4.78, 5) is 15.1. The maximum absolute atomic E-state index is 13.3. The molecule has 2 rings (SSSR count). The van der Waals surface area contributed by atoms with E-state index in [0.29, 0.717) is 5.56 Å². The first-order valence-electron chi connectivity index (χ1n) is 5.06. The summed E-state index contributed by atoms with van der Waals surface area (Å²) in [6.07, 6.45) is 1.45. The Balaban J connectivity index is 2.28. The number of benzene rings is 1. The first-order valence-corrected chi connectivity index (χ1v) is 5.06. The molecule has 1 aromatic carbocycles. The average Bonchev–Trinajstić information content (AvgIpc) is 2.32. The molecule has 2 aromatic rings. The molecule has 0 amide bonds. The number of hydrogen-bond donors (Lipinski definition) is 0. The second-order valence-corrected chi connectivity index (χ2v) is 3.47. The van der Waals surface area contributed by atoms with E-state index in [9.17, 15) is 9.18 Å². The molecule has 0 aliphatic heterocycles. The van der Waals surface area contributed by atoms with Gasteiger partial charge in [0, 0.05) is 17.8 Å². The van der Waals surface area contributed by atoms with Crippen molar-refractivity contribution < 1.29 is 13.9 Å². The Morgan fingerprint density at radius 1 is 1.29 bits per heavy atom. The van der Waals surface area contributed by atoms with Gasteiger partial charge in [0.1, 0.15) is 0 Å². The van der Waals surface area contributed by atoms with E-state index in [0.717, 1.165) is 0 Å². The van der Waals surface area contributed by atoms with E-state index in [4.69, 9.17) is 4.74 Å². The molecule has 17 heavy (non-hydrogen) atoms. The van der Waals surface area contributed by atoms with Crippen molar-refractivity contribution in [2.75, 3.05) is 0 Å². The molecule has 86 valence electrons. The van der Waals surface area contributed by atoms with Crippen LogP contribution in [0.1, 0.15) is 17.3 Å². The Morgan fingerprint density at radius 2 is 2.06 bits per heavy atom. The molecule has 0 aliphatic carbocycles. The van der Waals surface area contributed by atoms with Crippen LogP contribution in [0.5, 0.6) is 11.6 Å². The Bertz CT molecular complexity index is 555. The fourth-order valence-corrected chi connectivity index (χ4v) is 1.32. The third-order valence-corrected chi connectivity index (χ3v) is 2.19. The van der Waals surface area contributed by atoms with Gasteiger partial charge in [0.25, 0.3) is 0 Å². The summed E-state index contributed by atoms with van der Waals surface area (Å²) < 4.78 is 18.6. The zero-order valence-corrected chi connectivity index (χ0v) is 9.18. The van der Waals surface area contributed by atoms with Crippen LogP contribution in [0.4, 0.5) is 4.39 Å². The highest BCUT2D eigenvalue weighted by Crippen LogP contribution is 2.22. The molecule has 0 aliphatic rings. The van der Waals surface area contributed by atoms with Crippen LogP contribution >= 0.6 is 0 Å². The van der Waals surface area contributed by atoms with E-state index in [1.165, 1.54) is 31.3 Å². The van der Waals surface area contributed by atoms with E-state index in [1.54, 1.807) is 18.2 Å². The first-order chi connectivity index (χ1) is 8.16. The van der Waals surface area contributed by atoms with Crippen molar-refractivity contribution >= 4 is 5.78 Å². The SMILES string of the molecule is CC(=O)c1ccnc(Oc2ccccc2F)c1. The molecule has 0 fully saturated rings. The van der Waals surface area contributed by atoms with Gasteiger partial charge in [-0.1, -0.05) is 12.1 Å². The van der Waals surface area contributed by atoms with Crippen molar-refractivity contribution in [3.8, 4) is 11.6 Å². The highest BCUT2D eigenvalue weighted by atomic mass is 19.1. The van der Waals surface area contributed by atoms with E-state index in [-0.39, 0.29) is 17.4 Å². The fraction of sp³-hybridized carbons (Fsp3) is 0.0769. The van der Waals surface area contributed by atoms with Crippen molar-refractivity contribution in [1.29, 1.82) is 0 Å². The van der Waals surface area contributed by atoms with Gasteiger partial charge < -0.3 is 4.74 Å². The molecule has 1 heterocycles. The van der Waals surface area contributed by atoms with Gasteiger partial charge in [-0.15, -0.1) is 0 Å². The van der Waals surface area contributed by atoms with E-state index in [2.05, 4.69) is 4.98 Å². The number of hydrogen-bond acceptors (Lipinski definition) is 3. The Kier molecular flexibility index (Phi) is 3.14. The fourth-order valence-electron chi connectivity index (χ4n) is 1.32. The molecule has 4 heteroatoms. The zero-order chi connectivity index (χ0) is 12.3. The number of carbonyl (C=O) groups is 1. The van der Waals surface area contributed by atoms with Crippen molar-refractivity contribution in [1.82, 2.24) is 4.98 Å². The van der Waals surface area contributed by atoms with Gasteiger partial charge in [0.15, 0.2) is 17.3 Å². The summed E-state index contributed by atoms with van der Waals surface area (Å²) in [7, 11) is 0. The molecule has 0 saturated carbocycles. The number of halogens is 1. The number of para-hydroxylation sites is 1. The van der Waals surface area contributed by atoms with Crippen LogP contribution in [0.2, 0.25) is 0 Å². The molecule has 0 N–H and O–H groups in total. The van der Waals surface area contributed by atoms with Crippen LogP contribution in [0.15, 0.2) is 42.6 Å². The molecular weight excluding hydrogens is 221 g/mol. The van der Waals surface area contributed by atoms with E-state index in [1.807, 2.05) is 0 Å². The lowest BCUT2D eigenvalue weighted by molar-refractivity contribution is 0.101. The van der Waals surface area contributed by atoms with Gasteiger partial charge in [-0.3, -0.25) is 4.79 Å². The summed E-state index contributed by atoms with van der Waals surface area (Å²) in [5, 5.41) is 0. The molecule has 0 radical (unpaired) electrons. The summed E-state index contributed by atoms with van der Waals surface area (Å²) in [6.45, 7) is 1.45. The molecule has 1 aromatic heterocycles. The number of pyridine rings is 1. The third-order valence-electron chi connectivity index (χ3n) is 2.19. The van der Waals surface area contributed by atoms with Crippen LogP contribution < -0.4 is 4.74 Å². The molecule has 0 bridgehead atoms. The monoisotopic (exact) mass is 231 g/mol. The predicted octanol–water partition coefficient (Wildman–Crippen LogP) is 3.22. The van der Waals surface area contributed by atoms with Gasteiger partial charge in [0.05, 0.1) is 0 Å². The molecule has 0 unspecified atom stereocenters. The van der Waals surface area contributed by atoms with Gasteiger partial charge >= 0.3 is 0 Å². The van der Waals surface area contributed by atoms with Crippen LogP contribution in [-0.2, 0) is 0 Å². The van der Waals surface area contributed by atoms with Crippen molar-refractivity contribution in [2.45, 2.75) is 6.92 Å². The minimum atomic E-state index is -0.470. The Hall–Kier alpha value is -2.23. The Labute approximate surface area is 97.9 Å². The number of aromatic nitrogens is 1. The van der Waals surface area contributed by atoms with E-state index >= 15 is 0 Å². The summed E-state index contributed by atoms with van der Waals surface area (Å²) >= 11 is 0. The first kappa shape index (κ1) is 11.3. The second-order valence-electron chi connectivity index (χ2n) is 3.47. The number of rotatable bonds is 3. The summed E-state index contributed by atoms with van der Waals surface area (Å²) in [5.74, 6) is -0.281. The van der Waals surface area contributed by atoms with Gasteiger partial charge in [-0.05, 0) is 25.1 Å². The number of carbonyl (C=O) groups excluding carboxylic acids is 1. The lowest BCUT2D eigenvalue weighted by Gasteiger charge is -2.05. The minimum absolute atomic E-state index is 0.0840.